The number of likely N-dealkylation sites (N-methyl/N-ethyl adjacent to an activating group) is 1. The summed E-state index contributed by atoms with van der Waals surface area (Å²) in [5, 5.41) is 0. The maximum atomic E-state index is 12.9. The fourth-order valence-corrected chi connectivity index (χ4v) is 5.62. The Labute approximate surface area is 136 Å². The summed E-state index contributed by atoms with van der Waals surface area (Å²) in [7, 11) is 3.87. The molecule has 0 unspecified atom stereocenters. The standard InChI is InChI=1S/C19H21NO3/c1-18-15(21)7-5-12-13-10-11-4-6-14(22-3)17(23-18)16(11)19(12,18)8-9-20(13)2/h4-7,12-13H,8-10H2,1-3H3/t12-,13-,18-,19-/m1/s1. The largest absolute Gasteiger partial charge is 0.493 e. The van der Waals surface area contributed by atoms with Gasteiger partial charge in [-0.3, -0.25) is 4.79 Å². The molecule has 4 heteroatoms. The van der Waals surface area contributed by atoms with E-state index in [0.717, 1.165) is 30.9 Å². The lowest BCUT2D eigenvalue weighted by Crippen LogP contribution is -2.69. The van der Waals surface area contributed by atoms with E-state index in [1.54, 1.807) is 13.2 Å². The minimum absolute atomic E-state index is 0.0863. The number of methoxy groups -OCH3 is 1. The number of ether oxygens (including phenoxy) is 2. The molecule has 0 N–H and O–H groups in total. The topological polar surface area (TPSA) is 38.8 Å². The van der Waals surface area contributed by atoms with Gasteiger partial charge in [-0.25, -0.2) is 0 Å². The number of hydrogen-bond acceptors (Lipinski definition) is 4. The zero-order valence-electron chi connectivity index (χ0n) is 13.8. The van der Waals surface area contributed by atoms with Crippen molar-refractivity contribution in [3.63, 3.8) is 0 Å². The highest BCUT2D eigenvalue weighted by Gasteiger charge is 2.70. The van der Waals surface area contributed by atoms with Crippen LogP contribution in [0.4, 0.5) is 0 Å². The molecule has 0 aromatic heterocycles. The van der Waals surface area contributed by atoms with Gasteiger partial charge in [-0.2, -0.15) is 0 Å². The molecular weight excluding hydrogens is 290 g/mol. The molecule has 2 bridgehead atoms. The summed E-state index contributed by atoms with van der Waals surface area (Å²) in [6, 6.07) is 4.59. The number of ketones is 1. The van der Waals surface area contributed by atoms with E-state index >= 15 is 0 Å². The van der Waals surface area contributed by atoms with Crippen molar-refractivity contribution in [1.82, 2.24) is 4.90 Å². The average Bonchev–Trinajstić information content (AvgIpc) is 2.82. The van der Waals surface area contributed by atoms with Gasteiger partial charge in [0.1, 0.15) is 0 Å². The smallest absolute Gasteiger partial charge is 0.199 e. The van der Waals surface area contributed by atoms with Gasteiger partial charge in [-0.1, -0.05) is 12.1 Å². The Kier molecular flexibility index (Phi) is 2.36. The average molecular weight is 311 g/mol. The normalized spacial score (nSPS) is 39.9. The summed E-state index contributed by atoms with van der Waals surface area (Å²) in [5.74, 6) is 1.96. The molecule has 23 heavy (non-hydrogen) atoms. The molecule has 2 aliphatic heterocycles. The molecule has 1 spiro atoms. The first-order valence-corrected chi connectivity index (χ1v) is 8.35. The number of carbonyl (C=O) groups excluding carboxylic acids is 1. The molecule has 0 amide bonds. The van der Waals surface area contributed by atoms with Gasteiger partial charge < -0.3 is 14.4 Å². The van der Waals surface area contributed by atoms with Crippen LogP contribution >= 0.6 is 0 Å². The predicted molar refractivity (Wildman–Crippen MR) is 86.1 cm³/mol. The summed E-state index contributed by atoms with van der Waals surface area (Å²) in [6.45, 7) is 2.99. The molecular formula is C19H21NO3. The molecule has 4 aliphatic rings. The highest BCUT2D eigenvalue weighted by Crippen LogP contribution is 2.65. The molecule has 0 radical (unpaired) electrons. The summed E-state index contributed by atoms with van der Waals surface area (Å²) in [5.41, 5.74) is 1.51. The van der Waals surface area contributed by atoms with Gasteiger partial charge in [-0.15, -0.1) is 0 Å². The third-order valence-corrected chi connectivity index (χ3v) is 6.79. The van der Waals surface area contributed by atoms with Crippen molar-refractivity contribution in [2.24, 2.45) is 5.92 Å². The number of carbonyl (C=O) groups is 1. The Bertz CT molecular complexity index is 770. The maximum Gasteiger partial charge on any atom is 0.199 e. The molecule has 1 aromatic carbocycles. The minimum atomic E-state index is -0.807. The molecule has 2 heterocycles. The monoisotopic (exact) mass is 311 g/mol. The van der Waals surface area contributed by atoms with Crippen LogP contribution in [0.25, 0.3) is 0 Å². The van der Waals surface area contributed by atoms with Gasteiger partial charge in [0, 0.05) is 17.5 Å². The van der Waals surface area contributed by atoms with Crippen LogP contribution in [0, 0.1) is 5.92 Å². The summed E-state index contributed by atoms with van der Waals surface area (Å²) < 4.78 is 11.9. The van der Waals surface area contributed by atoms with Crippen LogP contribution in [-0.4, -0.2) is 43.0 Å². The van der Waals surface area contributed by atoms with Crippen LogP contribution < -0.4 is 9.47 Å². The lowest BCUT2D eigenvalue weighted by molar-refractivity contribution is -0.140. The Balaban J connectivity index is 1.88. The van der Waals surface area contributed by atoms with Crippen molar-refractivity contribution >= 4 is 5.78 Å². The number of piperidine rings is 1. The van der Waals surface area contributed by atoms with Crippen LogP contribution in [0.1, 0.15) is 24.5 Å². The van der Waals surface area contributed by atoms with Crippen LogP contribution in [0.5, 0.6) is 11.5 Å². The molecule has 1 aromatic rings. The van der Waals surface area contributed by atoms with E-state index in [0.29, 0.717) is 12.0 Å². The second kappa shape index (κ2) is 3.99. The van der Waals surface area contributed by atoms with Crippen LogP contribution in [0.3, 0.4) is 0 Å². The summed E-state index contributed by atoms with van der Waals surface area (Å²) >= 11 is 0. The number of hydrogen-bond donors (Lipinski definition) is 0. The van der Waals surface area contributed by atoms with E-state index in [-0.39, 0.29) is 11.2 Å². The predicted octanol–water partition coefficient (Wildman–Crippen LogP) is 2.10. The second-order valence-corrected chi connectivity index (χ2v) is 7.49. The molecule has 4 atom stereocenters. The molecule has 120 valence electrons. The lowest BCUT2D eigenvalue weighted by atomic mass is 9.49. The lowest BCUT2D eigenvalue weighted by Gasteiger charge is -2.58. The first-order valence-electron chi connectivity index (χ1n) is 8.35. The molecule has 1 saturated heterocycles. The van der Waals surface area contributed by atoms with E-state index < -0.39 is 5.60 Å². The Morgan fingerprint density at radius 1 is 1.39 bits per heavy atom. The number of rotatable bonds is 1. The van der Waals surface area contributed by atoms with Gasteiger partial charge in [0.2, 0.25) is 0 Å². The fourth-order valence-electron chi connectivity index (χ4n) is 5.62. The van der Waals surface area contributed by atoms with Gasteiger partial charge in [0.25, 0.3) is 0 Å². The van der Waals surface area contributed by atoms with E-state index in [1.165, 1.54) is 11.1 Å². The Morgan fingerprint density at radius 2 is 2.22 bits per heavy atom. The van der Waals surface area contributed by atoms with Gasteiger partial charge >= 0.3 is 0 Å². The van der Waals surface area contributed by atoms with Crippen molar-refractivity contribution in [3.8, 4) is 11.5 Å². The van der Waals surface area contributed by atoms with E-state index in [2.05, 4.69) is 24.1 Å². The molecule has 5 rings (SSSR count). The van der Waals surface area contributed by atoms with Crippen molar-refractivity contribution in [3.05, 3.63) is 35.4 Å². The zero-order chi connectivity index (χ0) is 16.0. The third-order valence-electron chi connectivity index (χ3n) is 6.79. The third kappa shape index (κ3) is 1.28. The molecule has 2 aliphatic carbocycles. The minimum Gasteiger partial charge on any atom is -0.493 e. The van der Waals surface area contributed by atoms with E-state index in [9.17, 15) is 4.79 Å². The van der Waals surface area contributed by atoms with Gasteiger partial charge in [0.15, 0.2) is 22.9 Å². The van der Waals surface area contributed by atoms with Crippen molar-refractivity contribution in [2.75, 3.05) is 20.7 Å². The summed E-state index contributed by atoms with van der Waals surface area (Å²) in [6.07, 6.45) is 5.85. The van der Waals surface area contributed by atoms with Crippen LogP contribution in [0.2, 0.25) is 0 Å². The van der Waals surface area contributed by atoms with Crippen LogP contribution in [-0.2, 0) is 16.6 Å². The second-order valence-electron chi connectivity index (χ2n) is 7.49. The van der Waals surface area contributed by atoms with Gasteiger partial charge in [-0.05, 0) is 51.1 Å². The van der Waals surface area contributed by atoms with Crippen LogP contribution in [0.15, 0.2) is 24.3 Å². The fraction of sp³-hybridized carbons (Fsp3) is 0.526. The highest BCUT2D eigenvalue weighted by molar-refractivity contribution is 6.01. The number of nitrogens with zero attached hydrogens (tertiary/aromatic N) is 1. The van der Waals surface area contributed by atoms with Crippen molar-refractivity contribution < 1.29 is 14.3 Å². The SMILES string of the molecule is COc1ccc2c3c1O[C@]1(C)C(=O)C=C[C@@H]4[C@@H](C2)N(C)CC[C@]341. The first-order chi connectivity index (χ1) is 11.0. The van der Waals surface area contributed by atoms with Gasteiger partial charge in [0.05, 0.1) is 12.5 Å². The van der Waals surface area contributed by atoms with E-state index in [4.69, 9.17) is 9.47 Å². The maximum absolute atomic E-state index is 12.9. The number of likely N-dealkylation sites (tertiary alicyclic amines) is 1. The Morgan fingerprint density at radius 3 is 3.00 bits per heavy atom. The van der Waals surface area contributed by atoms with Crippen molar-refractivity contribution in [1.29, 1.82) is 0 Å². The quantitative estimate of drug-likeness (QED) is 0.796. The van der Waals surface area contributed by atoms with E-state index in [1.807, 2.05) is 13.0 Å². The molecule has 1 fully saturated rings. The first kappa shape index (κ1) is 13.6. The Hall–Kier alpha value is -1.81. The van der Waals surface area contributed by atoms with Crippen molar-refractivity contribution in [2.45, 2.75) is 36.8 Å². The highest BCUT2D eigenvalue weighted by atomic mass is 16.5. The number of benzene rings is 1. The molecule has 4 nitrogen and oxygen atoms in total. The molecule has 0 saturated carbocycles. The zero-order valence-corrected chi connectivity index (χ0v) is 13.8. The summed E-state index contributed by atoms with van der Waals surface area (Å²) in [4.78, 5) is 15.3.